The standard InChI is InChI=1S/C27H28ClN5O3S/c1-16(19-6-4-17(8-20(19)28)12-32-27(2,3)15-34)36-22-9-23(37-24(22)10-25(30)35)21-13-31-26-7-5-18(11-29)14-33(21)26/h4-9,13-14,16,32,34H,10,12,15H2,1-3H3,(H2,30,35)/t16-/m1/s1. The molecule has 0 aliphatic rings. The number of thiophene rings is 1. The number of nitrogens with zero attached hydrogens (tertiary/aromatic N) is 3. The molecule has 4 rings (SSSR count). The minimum atomic E-state index is -0.462. The number of nitriles is 1. The van der Waals surface area contributed by atoms with Gasteiger partial charge in [-0.05, 0) is 44.5 Å². The molecule has 10 heteroatoms. The number of carbonyl (C=O) groups excluding carboxylic acids is 1. The van der Waals surface area contributed by atoms with E-state index in [1.54, 1.807) is 24.5 Å². The molecule has 0 bridgehead atoms. The van der Waals surface area contributed by atoms with Gasteiger partial charge in [-0.15, -0.1) is 11.3 Å². The average Bonchev–Trinajstić information content (AvgIpc) is 3.45. The number of rotatable bonds is 10. The second-order valence-corrected chi connectivity index (χ2v) is 11.0. The molecular formula is C27H28ClN5O3S. The summed E-state index contributed by atoms with van der Waals surface area (Å²) >= 11 is 8.01. The molecule has 4 N–H and O–H groups in total. The molecule has 1 atom stereocenters. The third-order valence-corrected chi connectivity index (χ3v) is 7.43. The predicted octanol–water partition coefficient (Wildman–Crippen LogP) is 4.62. The molecule has 0 saturated carbocycles. The zero-order valence-corrected chi connectivity index (χ0v) is 22.4. The Morgan fingerprint density at radius 3 is 2.81 bits per heavy atom. The van der Waals surface area contributed by atoms with Crippen molar-refractivity contribution in [3.63, 3.8) is 0 Å². The fourth-order valence-electron chi connectivity index (χ4n) is 3.81. The highest BCUT2D eigenvalue weighted by Crippen LogP contribution is 2.39. The zero-order chi connectivity index (χ0) is 26.7. The van der Waals surface area contributed by atoms with Crippen LogP contribution in [-0.2, 0) is 17.8 Å². The van der Waals surface area contributed by atoms with Gasteiger partial charge >= 0.3 is 0 Å². The number of carbonyl (C=O) groups is 1. The van der Waals surface area contributed by atoms with Gasteiger partial charge in [0.25, 0.3) is 0 Å². The molecule has 37 heavy (non-hydrogen) atoms. The number of nitrogens with one attached hydrogen (secondary N) is 1. The van der Waals surface area contributed by atoms with Crippen molar-refractivity contribution in [2.24, 2.45) is 5.73 Å². The molecule has 3 heterocycles. The summed E-state index contributed by atoms with van der Waals surface area (Å²) in [5.41, 5.74) is 8.91. The maximum atomic E-state index is 11.8. The number of nitrogens with two attached hydrogens (primary N) is 1. The molecule has 0 saturated heterocycles. The van der Waals surface area contributed by atoms with Crippen LogP contribution in [0.1, 0.15) is 48.4 Å². The van der Waals surface area contributed by atoms with Gasteiger partial charge in [-0.25, -0.2) is 4.98 Å². The fourth-order valence-corrected chi connectivity index (χ4v) is 5.28. The van der Waals surface area contributed by atoms with Crippen LogP contribution in [-0.4, -0.2) is 32.5 Å². The van der Waals surface area contributed by atoms with Crippen LogP contribution in [0.4, 0.5) is 0 Å². The Labute approximate surface area is 224 Å². The molecule has 0 aliphatic carbocycles. The van der Waals surface area contributed by atoms with Crippen molar-refractivity contribution >= 4 is 34.5 Å². The number of pyridine rings is 1. The Morgan fingerprint density at radius 1 is 1.35 bits per heavy atom. The first-order chi connectivity index (χ1) is 17.6. The van der Waals surface area contributed by atoms with Gasteiger partial charge < -0.3 is 20.9 Å². The van der Waals surface area contributed by atoms with Crippen molar-refractivity contribution in [2.45, 2.75) is 45.4 Å². The van der Waals surface area contributed by atoms with Crippen molar-refractivity contribution in [1.29, 1.82) is 5.26 Å². The molecule has 3 aromatic heterocycles. The lowest BCUT2D eigenvalue weighted by Gasteiger charge is -2.24. The molecule has 192 valence electrons. The minimum Gasteiger partial charge on any atom is -0.485 e. The van der Waals surface area contributed by atoms with Gasteiger partial charge in [0.05, 0.1) is 40.2 Å². The van der Waals surface area contributed by atoms with E-state index in [1.165, 1.54) is 11.3 Å². The summed E-state index contributed by atoms with van der Waals surface area (Å²) in [5, 5.41) is 22.6. The van der Waals surface area contributed by atoms with Crippen LogP contribution in [0.3, 0.4) is 0 Å². The summed E-state index contributed by atoms with van der Waals surface area (Å²) in [6, 6.07) is 13.3. The second kappa shape index (κ2) is 10.9. The molecule has 4 aromatic rings. The van der Waals surface area contributed by atoms with E-state index >= 15 is 0 Å². The molecule has 1 aromatic carbocycles. The van der Waals surface area contributed by atoms with E-state index in [9.17, 15) is 15.2 Å². The molecular weight excluding hydrogens is 510 g/mol. The van der Waals surface area contributed by atoms with Crippen LogP contribution in [0.5, 0.6) is 5.75 Å². The highest BCUT2D eigenvalue weighted by molar-refractivity contribution is 7.15. The summed E-state index contributed by atoms with van der Waals surface area (Å²) in [4.78, 5) is 17.7. The number of halogens is 1. The SMILES string of the molecule is C[C@@H](Oc1cc(-c2cnc3ccc(C#N)cn23)sc1CC(N)=O)c1ccc(CNC(C)(C)CO)cc1Cl. The number of primary amides is 1. The highest BCUT2D eigenvalue weighted by atomic mass is 35.5. The largest absolute Gasteiger partial charge is 0.485 e. The van der Waals surface area contributed by atoms with Crippen molar-refractivity contribution in [1.82, 2.24) is 14.7 Å². The topological polar surface area (TPSA) is 126 Å². The fraction of sp³-hybridized carbons (Fsp3) is 0.296. The molecule has 0 fully saturated rings. The summed E-state index contributed by atoms with van der Waals surface area (Å²) in [6.07, 6.45) is 3.09. The molecule has 0 spiro atoms. The molecule has 0 radical (unpaired) electrons. The van der Waals surface area contributed by atoms with E-state index < -0.39 is 17.6 Å². The zero-order valence-electron chi connectivity index (χ0n) is 20.8. The second-order valence-electron chi connectivity index (χ2n) is 9.45. The number of hydrogen-bond donors (Lipinski definition) is 3. The third kappa shape index (κ3) is 6.12. The van der Waals surface area contributed by atoms with Crippen molar-refractivity contribution in [3.8, 4) is 22.4 Å². The Kier molecular flexibility index (Phi) is 7.85. The highest BCUT2D eigenvalue weighted by Gasteiger charge is 2.21. The molecule has 8 nitrogen and oxygen atoms in total. The maximum absolute atomic E-state index is 11.8. The summed E-state index contributed by atoms with van der Waals surface area (Å²) in [6.45, 7) is 6.33. The van der Waals surface area contributed by atoms with E-state index in [1.807, 2.05) is 49.4 Å². The first kappa shape index (κ1) is 26.6. The number of aromatic nitrogens is 2. The van der Waals surface area contributed by atoms with Gasteiger partial charge in [0.15, 0.2) is 0 Å². The number of benzene rings is 1. The monoisotopic (exact) mass is 537 g/mol. The van der Waals surface area contributed by atoms with Crippen molar-refractivity contribution in [2.75, 3.05) is 6.61 Å². The number of fused-ring (bicyclic) bond motifs is 1. The Hall–Kier alpha value is -3.42. The number of imidazole rings is 1. The molecule has 0 aliphatic heterocycles. The van der Waals surface area contributed by atoms with Crippen LogP contribution in [0.15, 0.2) is 48.8 Å². The van der Waals surface area contributed by atoms with Gasteiger partial charge in [0, 0.05) is 34.9 Å². The Morgan fingerprint density at radius 2 is 2.14 bits per heavy atom. The van der Waals surface area contributed by atoms with Crippen LogP contribution >= 0.6 is 22.9 Å². The lowest BCUT2D eigenvalue weighted by molar-refractivity contribution is -0.117. The quantitative estimate of drug-likeness (QED) is 0.271. The number of amides is 1. The maximum Gasteiger partial charge on any atom is 0.222 e. The lowest BCUT2D eigenvalue weighted by Crippen LogP contribution is -2.42. The van der Waals surface area contributed by atoms with Crippen molar-refractivity contribution in [3.05, 3.63) is 75.4 Å². The molecule has 0 unspecified atom stereocenters. The third-order valence-electron chi connectivity index (χ3n) is 5.97. The summed E-state index contributed by atoms with van der Waals surface area (Å²) in [5.74, 6) is 0.0840. The summed E-state index contributed by atoms with van der Waals surface area (Å²) in [7, 11) is 0. The van der Waals surface area contributed by atoms with Gasteiger partial charge in [-0.2, -0.15) is 5.26 Å². The minimum absolute atomic E-state index is 0.0224. The van der Waals surface area contributed by atoms with Gasteiger partial charge in [-0.1, -0.05) is 23.7 Å². The van der Waals surface area contributed by atoms with E-state index in [0.717, 1.165) is 21.7 Å². The molecule has 1 amide bonds. The van der Waals surface area contributed by atoms with E-state index in [-0.39, 0.29) is 13.0 Å². The van der Waals surface area contributed by atoms with Gasteiger partial charge in [-0.3, -0.25) is 9.20 Å². The number of ether oxygens (including phenoxy) is 1. The van der Waals surface area contributed by atoms with Crippen LogP contribution in [0.25, 0.3) is 16.2 Å². The van der Waals surface area contributed by atoms with E-state index in [2.05, 4.69) is 16.4 Å². The van der Waals surface area contributed by atoms with E-state index in [0.29, 0.717) is 33.4 Å². The van der Waals surface area contributed by atoms with Crippen LogP contribution < -0.4 is 15.8 Å². The smallest absolute Gasteiger partial charge is 0.222 e. The Bertz CT molecular complexity index is 1490. The summed E-state index contributed by atoms with van der Waals surface area (Å²) < 4.78 is 8.15. The normalized spacial score (nSPS) is 12.4. The number of hydrogen-bond acceptors (Lipinski definition) is 7. The average molecular weight is 538 g/mol. The van der Waals surface area contributed by atoms with Gasteiger partial charge in [0.1, 0.15) is 23.6 Å². The number of aliphatic hydroxyl groups excluding tert-OH is 1. The first-order valence-corrected chi connectivity index (χ1v) is 12.9. The van der Waals surface area contributed by atoms with Crippen LogP contribution in [0, 0.1) is 11.3 Å². The first-order valence-electron chi connectivity index (χ1n) is 11.7. The number of aliphatic hydroxyl groups is 1. The van der Waals surface area contributed by atoms with Gasteiger partial charge in [0.2, 0.25) is 5.91 Å². The lowest BCUT2D eigenvalue weighted by atomic mass is 10.0. The predicted molar refractivity (Wildman–Crippen MR) is 145 cm³/mol. The Balaban J connectivity index is 1.60. The van der Waals surface area contributed by atoms with Crippen LogP contribution in [0.2, 0.25) is 5.02 Å². The van der Waals surface area contributed by atoms with Crippen molar-refractivity contribution < 1.29 is 14.6 Å². The van der Waals surface area contributed by atoms with E-state index in [4.69, 9.17) is 22.1 Å².